The third-order valence-electron chi connectivity index (χ3n) is 2.37. The van der Waals surface area contributed by atoms with Gasteiger partial charge in [-0.1, -0.05) is 11.6 Å². The van der Waals surface area contributed by atoms with E-state index in [1.807, 2.05) is 0 Å². The Kier molecular flexibility index (Phi) is 3.66. The van der Waals surface area contributed by atoms with Gasteiger partial charge in [0.05, 0.1) is 16.3 Å². The van der Waals surface area contributed by atoms with Crippen LogP contribution in [0.25, 0.3) is 0 Å². The molecule has 0 fully saturated rings. The standard InChI is InChI=1S/C13H8ClF2NO2/c14-10-4-1-7(15)5-12(10)17-13(19)9-3-2-8(18)6-11(9)16/h1-6,18H,(H,17,19). The number of nitrogens with one attached hydrogen (secondary N) is 1. The summed E-state index contributed by atoms with van der Waals surface area (Å²) in [5.74, 6) is -2.54. The van der Waals surface area contributed by atoms with Crippen molar-refractivity contribution in [3.63, 3.8) is 0 Å². The number of halogens is 3. The highest BCUT2D eigenvalue weighted by molar-refractivity contribution is 6.33. The third-order valence-corrected chi connectivity index (χ3v) is 2.70. The van der Waals surface area contributed by atoms with E-state index in [4.69, 9.17) is 16.7 Å². The first-order chi connectivity index (χ1) is 8.97. The van der Waals surface area contributed by atoms with Crippen molar-refractivity contribution in [2.24, 2.45) is 0 Å². The lowest BCUT2D eigenvalue weighted by atomic mass is 10.2. The Labute approximate surface area is 112 Å². The Morgan fingerprint density at radius 1 is 1.16 bits per heavy atom. The average Bonchev–Trinajstić information content (AvgIpc) is 2.33. The van der Waals surface area contributed by atoms with E-state index < -0.39 is 17.5 Å². The van der Waals surface area contributed by atoms with Gasteiger partial charge in [-0.25, -0.2) is 8.78 Å². The van der Waals surface area contributed by atoms with Gasteiger partial charge in [-0.2, -0.15) is 0 Å². The molecule has 0 aliphatic rings. The van der Waals surface area contributed by atoms with Crippen LogP contribution in [0.1, 0.15) is 10.4 Å². The van der Waals surface area contributed by atoms with Crippen molar-refractivity contribution < 1.29 is 18.7 Å². The Balaban J connectivity index is 2.28. The summed E-state index contributed by atoms with van der Waals surface area (Å²) in [6.45, 7) is 0. The first-order valence-corrected chi connectivity index (χ1v) is 5.60. The molecule has 3 nitrogen and oxygen atoms in total. The fourth-order valence-corrected chi connectivity index (χ4v) is 1.64. The molecule has 2 aromatic rings. The molecule has 0 saturated heterocycles. The normalized spacial score (nSPS) is 10.3. The number of benzene rings is 2. The topological polar surface area (TPSA) is 49.3 Å². The van der Waals surface area contributed by atoms with Crippen molar-refractivity contribution in [2.45, 2.75) is 0 Å². The van der Waals surface area contributed by atoms with Crippen LogP contribution in [0, 0.1) is 11.6 Å². The summed E-state index contributed by atoms with van der Waals surface area (Å²) in [6.07, 6.45) is 0. The molecule has 0 spiro atoms. The molecule has 1 amide bonds. The van der Waals surface area contributed by atoms with Crippen LogP contribution in [0.2, 0.25) is 5.02 Å². The van der Waals surface area contributed by atoms with Crippen LogP contribution in [0.4, 0.5) is 14.5 Å². The zero-order chi connectivity index (χ0) is 14.0. The van der Waals surface area contributed by atoms with E-state index >= 15 is 0 Å². The molecule has 0 radical (unpaired) electrons. The number of aromatic hydroxyl groups is 1. The van der Waals surface area contributed by atoms with Crippen molar-refractivity contribution in [2.75, 3.05) is 5.32 Å². The molecule has 0 saturated carbocycles. The van der Waals surface area contributed by atoms with E-state index in [1.54, 1.807) is 0 Å². The number of phenols is 1. The molecule has 0 aliphatic carbocycles. The molecule has 0 atom stereocenters. The van der Waals surface area contributed by atoms with Gasteiger partial charge in [0.25, 0.3) is 5.91 Å². The monoisotopic (exact) mass is 283 g/mol. The van der Waals surface area contributed by atoms with Gasteiger partial charge in [-0.05, 0) is 30.3 Å². The summed E-state index contributed by atoms with van der Waals surface area (Å²) in [5.41, 5.74) is -0.239. The van der Waals surface area contributed by atoms with Crippen LogP contribution in [0.15, 0.2) is 36.4 Å². The Morgan fingerprint density at radius 2 is 1.89 bits per heavy atom. The molecule has 0 aromatic heterocycles. The molecule has 2 aromatic carbocycles. The predicted octanol–water partition coefficient (Wildman–Crippen LogP) is 3.58. The molecule has 6 heteroatoms. The van der Waals surface area contributed by atoms with Crippen molar-refractivity contribution in [3.05, 3.63) is 58.6 Å². The molecule has 0 bridgehead atoms. The Hall–Kier alpha value is -2.14. The predicted molar refractivity (Wildman–Crippen MR) is 67.4 cm³/mol. The summed E-state index contributed by atoms with van der Waals surface area (Å²) in [7, 11) is 0. The SMILES string of the molecule is O=C(Nc1cc(F)ccc1Cl)c1ccc(O)cc1F. The van der Waals surface area contributed by atoms with Gasteiger partial charge >= 0.3 is 0 Å². The van der Waals surface area contributed by atoms with Gasteiger partial charge in [0.1, 0.15) is 17.4 Å². The summed E-state index contributed by atoms with van der Waals surface area (Å²) in [6, 6.07) is 6.54. The van der Waals surface area contributed by atoms with E-state index in [9.17, 15) is 13.6 Å². The number of rotatable bonds is 2. The smallest absolute Gasteiger partial charge is 0.258 e. The van der Waals surface area contributed by atoms with Gasteiger partial charge < -0.3 is 10.4 Å². The van der Waals surface area contributed by atoms with Crippen molar-refractivity contribution in [1.29, 1.82) is 0 Å². The molecule has 0 aliphatic heterocycles. The first kappa shape index (κ1) is 13.3. The number of phenolic OH excluding ortho intramolecular Hbond substituents is 1. The van der Waals surface area contributed by atoms with E-state index in [0.717, 1.165) is 24.3 Å². The maximum absolute atomic E-state index is 13.5. The minimum absolute atomic E-state index is 0.0409. The number of carbonyl (C=O) groups is 1. The van der Waals surface area contributed by atoms with E-state index in [-0.39, 0.29) is 22.0 Å². The fraction of sp³-hybridized carbons (Fsp3) is 0. The summed E-state index contributed by atoms with van der Waals surface area (Å²) >= 11 is 5.78. The number of anilines is 1. The van der Waals surface area contributed by atoms with Crippen LogP contribution in [-0.2, 0) is 0 Å². The lowest BCUT2D eigenvalue weighted by Crippen LogP contribution is -2.14. The molecule has 2 rings (SSSR count). The highest BCUT2D eigenvalue weighted by atomic mass is 35.5. The van der Waals surface area contributed by atoms with E-state index in [2.05, 4.69) is 5.32 Å². The molecule has 2 N–H and O–H groups in total. The summed E-state index contributed by atoms with van der Waals surface area (Å²) in [5, 5.41) is 11.5. The van der Waals surface area contributed by atoms with Crippen LogP contribution in [-0.4, -0.2) is 11.0 Å². The second-order valence-electron chi connectivity index (χ2n) is 3.74. The molecule has 0 unspecified atom stereocenters. The van der Waals surface area contributed by atoms with Gasteiger partial charge in [0.15, 0.2) is 0 Å². The molecule has 0 heterocycles. The van der Waals surface area contributed by atoms with Crippen molar-refractivity contribution in [3.8, 4) is 5.75 Å². The van der Waals surface area contributed by atoms with E-state index in [0.29, 0.717) is 0 Å². The lowest BCUT2D eigenvalue weighted by Gasteiger charge is -2.08. The summed E-state index contributed by atoms with van der Waals surface area (Å²) < 4.78 is 26.5. The highest BCUT2D eigenvalue weighted by Crippen LogP contribution is 2.24. The molecule has 19 heavy (non-hydrogen) atoms. The molecule has 98 valence electrons. The number of amides is 1. The number of carbonyl (C=O) groups excluding carboxylic acids is 1. The van der Waals surface area contributed by atoms with Crippen LogP contribution >= 0.6 is 11.6 Å². The lowest BCUT2D eigenvalue weighted by molar-refractivity contribution is 0.102. The molecular weight excluding hydrogens is 276 g/mol. The van der Waals surface area contributed by atoms with Gasteiger partial charge in [-0.3, -0.25) is 4.79 Å². The van der Waals surface area contributed by atoms with Gasteiger partial charge in [0.2, 0.25) is 0 Å². The number of hydrogen-bond donors (Lipinski definition) is 2. The van der Waals surface area contributed by atoms with Crippen molar-refractivity contribution >= 4 is 23.2 Å². The zero-order valence-electron chi connectivity index (χ0n) is 9.45. The second-order valence-corrected chi connectivity index (χ2v) is 4.15. The largest absolute Gasteiger partial charge is 0.508 e. The molecular formula is C13H8ClF2NO2. The van der Waals surface area contributed by atoms with Gasteiger partial charge in [-0.15, -0.1) is 0 Å². The Bertz CT molecular complexity index is 647. The minimum atomic E-state index is -0.884. The summed E-state index contributed by atoms with van der Waals surface area (Å²) in [4.78, 5) is 11.8. The highest BCUT2D eigenvalue weighted by Gasteiger charge is 2.14. The minimum Gasteiger partial charge on any atom is -0.508 e. The van der Waals surface area contributed by atoms with Crippen molar-refractivity contribution in [1.82, 2.24) is 0 Å². The Morgan fingerprint density at radius 3 is 2.58 bits per heavy atom. The van der Waals surface area contributed by atoms with E-state index in [1.165, 1.54) is 12.1 Å². The van der Waals surface area contributed by atoms with Crippen LogP contribution < -0.4 is 5.32 Å². The number of hydrogen-bond acceptors (Lipinski definition) is 2. The second kappa shape index (κ2) is 5.24. The van der Waals surface area contributed by atoms with Gasteiger partial charge in [0, 0.05) is 6.07 Å². The zero-order valence-corrected chi connectivity index (χ0v) is 10.2. The van der Waals surface area contributed by atoms with Crippen LogP contribution in [0.5, 0.6) is 5.75 Å². The maximum atomic E-state index is 13.5. The average molecular weight is 284 g/mol. The fourth-order valence-electron chi connectivity index (χ4n) is 1.47. The first-order valence-electron chi connectivity index (χ1n) is 5.22. The maximum Gasteiger partial charge on any atom is 0.258 e. The third kappa shape index (κ3) is 3.00. The van der Waals surface area contributed by atoms with Crippen LogP contribution in [0.3, 0.4) is 0 Å². The quantitative estimate of drug-likeness (QED) is 0.885.